The van der Waals surface area contributed by atoms with Gasteiger partial charge in [-0.15, -0.1) is 0 Å². The zero-order valence-corrected chi connectivity index (χ0v) is 23.6. The second-order valence-electron chi connectivity index (χ2n) is 9.81. The van der Waals surface area contributed by atoms with Gasteiger partial charge in [-0.05, 0) is 92.3 Å². The summed E-state index contributed by atoms with van der Waals surface area (Å²) in [6.45, 7) is 8.05. The number of carboxylic acids is 2. The molecular formula is C32H32N2O7. The number of nitrogens with zero attached hydrogens (tertiary/aromatic N) is 2. The lowest BCUT2D eigenvalue weighted by atomic mass is 9.93. The molecule has 0 radical (unpaired) electrons. The number of aromatic nitrogens is 2. The van der Waals surface area contributed by atoms with Crippen LogP contribution in [0.4, 0.5) is 0 Å². The third-order valence-electron chi connectivity index (χ3n) is 7.05. The molecule has 4 rings (SSSR count). The van der Waals surface area contributed by atoms with E-state index in [0.29, 0.717) is 29.1 Å². The lowest BCUT2D eigenvalue weighted by molar-refractivity contribution is 0.0511. The Morgan fingerprint density at radius 2 is 1.66 bits per heavy atom. The topological polar surface area (TPSA) is 128 Å². The van der Waals surface area contributed by atoms with E-state index in [-0.39, 0.29) is 24.3 Å². The van der Waals surface area contributed by atoms with Crippen LogP contribution in [0.5, 0.6) is 5.75 Å². The molecule has 0 aliphatic rings. The van der Waals surface area contributed by atoms with E-state index in [1.165, 1.54) is 16.8 Å². The summed E-state index contributed by atoms with van der Waals surface area (Å²) in [6.07, 6.45) is 0.307. The highest BCUT2D eigenvalue weighted by Crippen LogP contribution is 2.30. The average molecular weight is 557 g/mol. The van der Waals surface area contributed by atoms with Gasteiger partial charge in [0.2, 0.25) is 0 Å². The van der Waals surface area contributed by atoms with Gasteiger partial charge >= 0.3 is 17.9 Å². The van der Waals surface area contributed by atoms with Crippen LogP contribution in [0.3, 0.4) is 0 Å². The third kappa shape index (κ3) is 6.14. The van der Waals surface area contributed by atoms with E-state index in [0.717, 1.165) is 33.4 Å². The van der Waals surface area contributed by atoms with Crippen LogP contribution in [-0.4, -0.2) is 44.5 Å². The Balaban J connectivity index is 1.58. The van der Waals surface area contributed by atoms with E-state index in [1.54, 1.807) is 20.0 Å². The van der Waals surface area contributed by atoms with Crippen molar-refractivity contribution in [1.82, 2.24) is 9.78 Å². The molecule has 0 atom stereocenters. The molecule has 0 aliphatic carbocycles. The Kier molecular flexibility index (Phi) is 8.56. The van der Waals surface area contributed by atoms with Gasteiger partial charge in [0.05, 0.1) is 23.4 Å². The largest absolute Gasteiger partial charge is 0.489 e. The molecule has 4 aromatic rings. The van der Waals surface area contributed by atoms with Crippen molar-refractivity contribution in [3.05, 3.63) is 105 Å². The van der Waals surface area contributed by atoms with Gasteiger partial charge < -0.3 is 19.7 Å². The predicted octanol–water partition coefficient (Wildman–Crippen LogP) is 5.76. The number of carboxylic acid groups (broad SMARTS) is 2. The van der Waals surface area contributed by atoms with Crippen molar-refractivity contribution < 1.29 is 34.1 Å². The molecule has 0 aliphatic heterocycles. The number of aryl methyl sites for hydroxylation is 3. The van der Waals surface area contributed by atoms with Crippen LogP contribution in [0.1, 0.15) is 71.5 Å². The van der Waals surface area contributed by atoms with Gasteiger partial charge in [-0.25, -0.2) is 14.4 Å². The van der Waals surface area contributed by atoms with Crippen LogP contribution >= 0.6 is 0 Å². The Morgan fingerprint density at radius 1 is 0.902 bits per heavy atom. The monoisotopic (exact) mass is 556 g/mol. The Hall–Kier alpha value is -4.92. The fraction of sp³-hybridized carbons (Fsp3) is 0.250. The van der Waals surface area contributed by atoms with Gasteiger partial charge in [-0.3, -0.25) is 4.68 Å². The fourth-order valence-corrected chi connectivity index (χ4v) is 4.90. The van der Waals surface area contributed by atoms with E-state index < -0.39 is 17.9 Å². The highest BCUT2D eigenvalue weighted by molar-refractivity contribution is 5.95. The smallest absolute Gasteiger partial charge is 0.356 e. The minimum absolute atomic E-state index is 0.0411. The predicted molar refractivity (Wildman–Crippen MR) is 153 cm³/mol. The third-order valence-corrected chi connectivity index (χ3v) is 7.05. The molecule has 2 N–H and O–H groups in total. The molecule has 0 spiro atoms. The number of rotatable bonds is 10. The summed E-state index contributed by atoms with van der Waals surface area (Å²) in [5, 5.41) is 23.5. The SMILES string of the molecule is CCOC(=O)c1c(C)c(-c2ccc(OCc3c(C)cccc3Cc3ccc(C(=O)O)cc3C(=O)O)c(C)c2)nn1C. The van der Waals surface area contributed by atoms with E-state index in [2.05, 4.69) is 5.10 Å². The molecule has 0 saturated carbocycles. The van der Waals surface area contributed by atoms with Crippen molar-refractivity contribution in [3.8, 4) is 17.0 Å². The summed E-state index contributed by atoms with van der Waals surface area (Å²) in [6, 6.07) is 15.7. The maximum Gasteiger partial charge on any atom is 0.356 e. The zero-order chi connectivity index (χ0) is 29.8. The van der Waals surface area contributed by atoms with Crippen molar-refractivity contribution >= 4 is 17.9 Å². The Bertz CT molecular complexity index is 1650. The number of hydrogen-bond donors (Lipinski definition) is 2. The lowest BCUT2D eigenvalue weighted by Gasteiger charge is -2.16. The quantitative estimate of drug-likeness (QED) is 0.236. The van der Waals surface area contributed by atoms with Crippen molar-refractivity contribution in [1.29, 1.82) is 0 Å². The fourth-order valence-electron chi connectivity index (χ4n) is 4.90. The first-order chi connectivity index (χ1) is 19.5. The maximum absolute atomic E-state index is 12.4. The first kappa shape index (κ1) is 29.1. The maximum atomic E-state index is 12.4. The number of aromatic carboxylic acids is 2. The van der Waals surface area contributed by atoms with E-state index in [1.807, 2.05) is 57.2 Å². The molecule has 212 valence electrons. The van der Waals surface area contributed by atoms with E-state index >= 15 is 0 Å². The van der Waals surface area contributed by atoms with Crippen LogP contribution in [0.2, 0.25) is 0 Å². The van der Waals surface area contributed by atoms with Crippen molar-refractivity contribution in [3.63, 3.8) is 0 Å². The van der Waals surface area contributed by atoms with Gasteiger partial charge in [-0.2, -0.15) is 5.10 Å². The van der Waals surface area contributed by atoms with Crippen LogP contribution in [0.25, 0.3) is 11.3 Å². The van der Waals surface area contributed by atoms with Crippen LogP contribution in [0.15, 0.2) is 54.6 Å². The minimum Gasteiger partial charge on any atom is -0.489 e. The first-order valence-electron chi connectivity index (χ1n) is 13.1. The van der Waals surface area contributed by atoms with Gasteiger partial charge in [0.1, 0.15) is 18.1 Å². The minimum atomic E-state index is -1.18. The molecule has 0 unspecified atom stereocenters. The van der Waals surface area contributed by atoms with Crippen LogP contribution in [-0.2, 0) is 24.8 Å². The molecule has 0 saturated heterocycles. The summed E-state index contributed by atoms with van der Waals surface area (Å²) in [4.78, 5) is 35.6. The Labute approximate surface area is 238 Å². The van der Waals surface area contributed by atoms with Gasteiger partial charge in [0, 0.05) is 18.2 Å². The number of ether oxygens (including phenoxy) is 2. The summed E-state index contributed by atoms with van der Waals surface area (Å²) in [5.41, 5.74) is 6.78. The first-order valence-corrected chi connectivity index (χ1v) is 13.1. The summed E-state index contributed by atoms with van der Waals surface area (Å²) >= 11 is 0. The number of carbonyl (C=O) groups is 3. The average Bonchev–Trinajstić information content (AvgIpc) is 3.22. The van der Waals surface area contributed by atoms with Crippen LogP contribution < -0.4 is 4.74 Å². The molecule has 1 aromatic heterocycles. The number of hydrogen-bond acceptors (Lipinski definition) is 6. The molecule has 9 heteroatoms. The van der Waals surface area contributed by atoms with E-state index in [4.69, 9.17) is 9.47 Å². The second kappa shape index (κ2) is 12.1. The summed E-state index contributed by atoms with van der Waals surface area (Å²) in [5.74, 6) is -2.09. The zero-order valence-electron chi connectivity index (χ0n) is 23.6. The Morgan fingerprint density at radius 3 is 2.32 bits per heavy atom. The van der Waals surface area contributed by atoms with Gasteiger partial charge in [-0.1, -0.05) is 24.3 Å². The molecule has 0 bridgehead atoms. The molecule has 1 heterocycles. The van der Waals surface area contributed by atoms with Crippen molar-refractivity contribution in [2.75, 3.05) is 6.61 Å². The molecule has 9 nitrogen and oxygen atoms in total. The molecular weight excluding hydrogens is 524 g/mol. The molecule has 0 amide bonds. The van der Waals surface area contributed by atoms with E-state index in [9.17, 15) is 24.6 Å². The molecule has 3 aromatic carbocycles. The highest BCUT2D eigenvalue weighted by Gasteiger charge is 2.22. The number of esters is 1. The lowest BCUT2D eigenvalue weighted by Crippen LogP contribution is -2.11. The standard InChI is InChI=1S/C32H32N2O7/c1-6-40-32(39)29-20(4)28(33-34(29)5)23-12-13-27(19(3)14-23)41-17-26-18(2)8-7-9-21(26)15-22-10-11-24(30(35)36)16-25(22)31(37)38/h7-14,16H,6,15,17H2,1-5H3,(H,35,36)(H,37,38). The molecule has 0 fully saturated rings. The van der Waals surface area contributed by atoms with Crippen molar-refractivity contribution in [2.45, 2.75) is 40.7 Å². The highest BCUT2D eigenvalue weighted by atomic mass is 16.5. The second-order valence-corrected chi connectivity index (χ2v) is 9.81. The summed E-state index contributed by atoms with van der Waals surface area (Å²) in [7, 11) is 1.72. The number of benzene rings is 3. The summed E-state index contributed by atoms with van der Waals surface area (Å²) < 4.78 is 12.9. The van der Waals surface area contributed by atoms with Crippen LogP contribution in [0, 0.1) is 20.8 Å². The number of carbonyl (C=O) groups excluding carboxylic acids is 1. The van der Waals surface area contributed by atoms with Crippen molar-refractivity contribution in [2.24, 2.45) is 7.05 Å². The van der Waals surface area contributed by atoms with Gasteiger partial charge in [0.25, 0.3) is 0 Å². The van der Waals surface area contributed by atoms with Gasteiger partial charge in [0.15, 0.2) is 0 Å². The molecule has 41 heavy (non-hydrogen) atoms. The normalized spacial score (nSPS) is 10.9.